The number of hydrogen-bond donors (Lipinski definition) is 0. The Hall–Kier alpha value is -4.41. The van der Waals surface area contributed by atoms with Gasteiger partial charge in [-0.3, -0.25) is 14.4 Å². The number of amides is 1. The topological polar surface area (TPSA) is 74.4 Å². The molecule has 0 N–H and O–H groups in total. The highest BCUT2D eigenvalue weighted by molar-refractivity contribution is 6.00. The lowest BCUT2D eigenvalue weighted by molar-refractivity contribution is 0.0629. The molecule has 1 amide bonds. The molecule has 4 aromatic rings. The number of rotatable bonds is 7. The van der Waals surface area contributed by atoms with Gasteiger partial charge in [-0.1, -0.05) is 54.6 Å². The third-order valence-electron chi connectivity index (χ3n) is 6.69. The van der Waals surface area contributed by atoms with Gasteiger partial charge in [0.1, 0.15) is 11.4 Å². The highest BCUT2D eigenvalue weighted by Crippen LogP contribution is 2.32. The molecule has 1 fully saturated rings. The lowest BCUT2D eigenvalue weighted by atomic mass is 10.1. The van der Waals surface area contributed by atoms with Gasteiger partial charge in [-0.05, 0) is 35.4 Å². The number of para-hydroxylation sites is 1. The van der Waals surface area contributed by atoms with Crippen LogP contribution in [0.5, 0.6) is 5.75 Å². The number of nitrogens with zero attached hydrogens (tertiary/aromatic N) is 5. The van der Waals surface area contributed by atoms with Crippen molar-refractivity contribution in [1.29, 1.82) is 5.26 Å². The summed E-state index contributed by atoms with van der Waals surface area (Å²) in [6.07, 6.45) is 1.86. The van der Waals surface area contributed by atoms with E-state index in [4.69, 9.17) is 15.1 Å². The minimum Gasteiger partial charge on any atom is -0.496 e. The van der Waals surface area contributed by atoms with Crippen molar-refractivity contribution in [3.05, 3.63) is 107 Å². The lowest BCUT2D eigenvalue weighted by Gasteiger charge is -2.34. The second-order valence-electron chi connectivity index (χ2n) is 9.15. The Bertz CT molecular complexity index is 1400. The molecular formula is C30H29N5O2. The normalized spacial score (nSPS) is 13.8. The van der Waals surface area contributed by atoms with Gasteiger partial charge in [0.2, 0.25) is 0 Å². The molecule has 0 bridgehead atoms. The van der Waals surface area contributed by atoms with Crippen molar-refractivity contribution in [1.82, 2.24) is 19.6 Å². The molecule has 1 aliphatic rings. The first kappa shape index (κ1) is 24.3. The van der Waals surface area contributed by atoms with E-state index in [0.29, 0.717) is 42.2 Å². The number of nitriles is 1. The number of hydrogen-bond acceptors (Lipinski definition) is 5. The molecule has 0 atom stereocenters. The smallest absolute Gasteiger partial charge is 0.257 e. The Morgan fingerprint density at radius 1 is 0.892 bits per heavy atom. The van der Waals surface area contributed by atoms with Crippen molar-refractivity contribution in [2.75, 3.05) is 33.3 Å². The van der Waals surface area contributed by atoms with Crippen molar-refractivity contribution < 1.29 is 9.53 Å². The Kier molecular flexibility index (Phi) is 7.29. The van der Waals surface area contributed by atoms with Crippen molar-refractivity contribution >= 4 is 5.91 Å². The summed E-state index contributed by atoms with van der Waals surface area (Å²) in [6.45, 7) is 4.24. The van der Waals surface area contributed by atoms with Crippen molar-refractivity contribution in [3.63, 3.8) is 0 Å². The third kappa shape index (κ3) is 5.55. The number of methoxy groups -OCH3 is 1. The maximum absolute atomic E-state index is 13.8. The first-order chi connectivity index (χ1) is 18.1. The predicted octanol–water partition coefficient (Wildman–Crippen LogP) is 4.44. The first-order valence-electron chi connectivity index (χ1n) is 12.4. The van der Waals surface area contributed by atoms with Crippen LogP contribution in [0.4, 0.5) is 0 Å². The lowest BCUT2D eigenvalue weighted by Crippen LogP contribution is -2.48. The SMILES string of the molecule is COc1ccccc1-c1nn(Cc2ccccc2)cc1C(=O)N1CCN(Cc2ccc(C#N)cc2)CC1. The van der Waals surface area contributed by atoms with Gasteiger partial charge < -0.3 is 9.64 Å². The number of ether oxygens (including phenoxy) is 1. The molecule has 37 heavy (non-hydrogen) atoms. The summed E-state index contributed by atoms with van der Waals surface area (Å²) in [6, 6.07) is 27.6. The zero-order valence-corrected chi connectivity index (χ0v) is 20.9. The van der Waals surface area contributed by atoms with E-state index in [1.807, 2.05) is 82.5 Å². The summed E-state index contributed by atoms with van der Waals surface area (Å²) < 4.78 is 7.43. The average Bonchev–Trinajstić information content (AvgIpc) is 3.37. The second kappa shape index (κ2) is 11.1. The van der Waals surface area contributed by atoms with Crippen LogP contribution in [0.15, 0.2) is 85.1 Å². The van der Waals surface area contributed by atoms with Crippen LogP contribution in [0, 0.1) is 11.3 Å². The molecule has 7 nitrogen and oxygen atoms in total. The fourth-order valence-electron chi connectivity index (χ4n) is 4.69. The summed E-state index contributed by atoms with van der Waals surface area (Å²) >= 11 is 0. The Morgan fingerprint density at radius 2 is 1.57 bits per heavy atom. The van der Waals surface area contributed by atoms with Crippen LogP contribution < -0.4 is 4.74 Å². The number of carbonyl (C=O) groups is 1. The molecule has 186 valence electrons. The van der Waals surface area contributed by atoms with Gasteiger partial charge in [0.25, 0.3) is 5.91 Å². The molecule has 7 heteroatoms. The standard InChI is InChI=1S/C30H29N5O2/c1-37-28-10-6-5-9-26(28)29-27(22-35(32-29)21-24-7-3-2-4-8-24)30(36)34-17-15-33(16-18-34)20-25-13-11-23(19-31)12-14-25/h2-14,22H,15-18,20-21H2,1H3. The Labute approximate surface area is 217 Å². The molecule has 0 radical (unpaired) electrons. The molecule has 1 aliphatic heterocycles. The molecule has 0 aliphatic carbocycles. The quantitative estimate of drug-likeness (QED) is 0.382. The molecule has 3 aromatic carbocycles. The molecule has 0 unspecified atom stereocenters. The van der Waals surface area contributed by atoms with Crippen LogP contribution in [-0.2, 0) is 13.1 Å². The van der Waals surface area contributed by atoms with Gasteiger partial charge in [0.15, 0.2) is 0 Å². The molecule has 1 saturated heterocycles. The molecule has 5 rings (SSSR count). The van der Waals surface area contributed by atoms with Crippen LogP contribution in [0.2, 0.25) is 0 Å². The summed E-state index contributed by atoms with van der Waals surface area (Å²) in [5.74, 6) is 0.673. The predicted molar refractivity (Wildman–Crippen MR) is 142 cm³/mol. The minimum absolute atomic E-state index is 0.0155. The molecule has 0 spiro atoms. The molecule has 2 heterocycles. The van der Waals surface area contributed by atoms with E-state index in [2.05, 4.69) is 23.1 Å². The zero-order valence-electron chi connectivity index (χ0n) is 20.9. The van der Waals surface area contributed by atoms with E-state index in [0.717, 1.165) is 30.8 Å². The van der Waals surface area contributed by atoms with E-state index >= 15 is 0 Å². The Morgan fingerprint density at radius 3 is 2.27 bits per heavy atom. The maximum atomic E-state index is 13.8. The van der Waals surface area contributed by atoms with Crippen LogP contribution in [0.3, 0.4) is 0 Å². The molecular weight excluding hydrogens is 462 g/mol. The number of piperazine rings is 1. The third-order valence-corrected chi connectivity index (χ3v) is 6.69. The highest BCUT2D eigenvalue weighted by Gasteiger charge is 2.27. The number of benzene rings is 3. The average molecular weight is 492 g/mol. The monoisotopic (exact) mass is 491 g/mol. The van der Waals surface area contributed by atoms with Crippen molar-refractivity contribution in [2.45, 2.75) is 13.1 Å². The fourth-order valence-corrected chi connectivity index (χ4v) is 4.69. The Balaban J connectivity index is 1.35. The van der Waals surface area contributed by atoms with Gasteiger partial charge in [-0.15, -0.1) is 0 Å². The van der Waals surface area contributed by atoms with Crippen molar-refractivity contribution in [3.8, 4) is 23.1 Å². The first-order valence-corrected chi connectivity index (χ1v) is 12.4. The van der Waals surface area contributed by atoms with Gasteiger partial charge >= 0.3 is 0 Å². The van der Waals surface area contributed by atoms with Gasteiger partial charge in [0.05, 0.1) is 30.9 Å². The molecule has 1 aromatic heterocycles. The summed E-state index contributed by atoms with van der Waals surface area (Å²) in [5, 5.41) is 13.9. The van der Waals surface area contributed by atoms with Crippen LogP contribution in [0.1, 0.15) is 27.0 Å². The maximum Gasteiger partial charge on any atom is 0.257 e. The van der Waals surface area contributed by atoms with E-state index < -0.39 is 0 Å². The molecule has 0 saturated carbocycles. The second-order valence-corrected chi connectivity index (χ2v) is 9.15. The highest BCUT2D eigenvalue weighted by atomic mass is 16.5. The van der Waals surface area contributed by atoms with E-state index in [-0.39, 0.29) is 5.91 Å². The summed E-state index contributed by atoms with van der Waals surface area (Å²) in [7, 11) is 1.63. The van der Waals surface area contributed by atoms with Gasteiger partial charge in [-0.25, -0.2) is 0 Å². The number of aromatic nitrogens is 2. The minimum atomic E-state index is -0.0155. The zero-order chi connectivity index (χ0) is 25.6. The van der Waals surface area contributed by atoms with Crippen LogP contribution >= 0.6 is 0 Å². The van der Waals surface area contributed by atoms with E-state index in [1.165, 1.54) is 5.56 Å². The largest absolute Gasteiger partial charge is 0.496 e. The summed E-state index contributed by atoms with van der Waals surface area (Å²) in [5.41, 5.74) is 4.98. The van der Waals surface area contributed by atoms with E-state index in [9.17, 15) is 4.79 Å². The van der Waals surface area contributed by atoms with Crippen LogP contribution in [-0.4, -0.2) is 58.8 Å². The van der Waals surface area contributed by atoms with Crippen molar-refractivity contribution in [2.24, 2.45) is 0 Å². The summed E-state index contributed by atoms with van der Waals surface area (Å²) in [4.78, 5) is 18.0. The van der Waals surface area contributed by atoms with Crippen LogP contribution in [0.25, 0.3) is 11.3 Å². The van der Waals surface area contributed by atoms with E-state index in [1.54, 1.807) is 7.11 Å². The number of carbonyl (C=O) groups excluding carboxylic acids is 1. The fraction of sp³-hybridized carbons (Fsp3) is 0.233. The van der Waals surface area contributed by atoms with Gasteiger partial charge in [0, 0.05) is 44.5 Å². The van der Waals surface area contributed by atoms with Gasteiger partial charge in [-0.2, -0.15) is 10.4 Å².